The lowest BCUT2D eigenvalue weighted by atomic mass is 10.1. The van der Waals surface area contributed by atoms with Gasteiger partial charge in [-0.15, -0.1) is 0 Å². The second-order valence-corrected chi connectivity index (χ2v) is 4.76. The molecule has 5 heteroatoms. The van der Waals surface area contributed by atoms with Crippen molar-refractivity contribution >= 4 is 0 Å². The van der Waals surface area contributed by atoms with E-state index in [-0.39, 0.29) is 17.5 Å². The van der Waals surface area contributed by atoms with Gasteiger partial charge in [-0.1, -0.05) is 26.0 Å². The molecule has 0 radical (unpaired) electrons. The minimum Gasteiger partial charge on any atom is -0.497 e. The molecular weight excluding hydrogens is 244 g/mol. The number of ether oxygens (including phenoxy) is 1. The van der Waals surface area contributed by atoms with Crippen LogP contribution >= 0.6 is 0 Å². The molecule has 0 saturated heterocycles. The number of hydrogen-bond donors (Lipinski definition) is 2. The SMILES string of the molecule is COc1ccc(Cn2c(O)c(C(C)C)[nH]c2=O)cc1. The van der Waals surface area contributed by atoms with Gasteiger partial charge in [-0.2, -0.15) is 0 Å². The van der Waals surface area contributed by atoms with Crippen molar-refractivity contribution < 1.29 is 9.84 Å². The fraction of sp³-hybridized carbons (Fsp3) is 0.357. The number of aromatic hydroxyl groups is 1. The second kappa shape index (κ2) is 5.22. The van der Waals surface area contributed by atoms with E-state index in [1.54, 1.807) is 7.11 Å². The van der Waals surface area contributed by atoms with Crippen LogP contribution in [0.3, 0.4) is 0 Å². The lowest BCUT2D eigenvalue weighted by Crippen LogP contribution is -2.17. The Hall–Kier alpha value is -2.17. The maximum Gasteiger partial charge on any atom is 0.328 e. The molecule has 1 aromatic heterocycles. The average Bonchev–Trinajstić information content (AvgIpc) is 2.68. The number of nitrogens with one attached hydrogen (secondary N) is 1. The van der Waals surface area contributed by atoms with E-state index in [4.69, 9.17) is 4.74 Å². The van der Waals surface area contributed by atoms with Crippen molar-refractivity contribution in [2.45, 2.75) is 26.3 Å². The van der Waals surface area contributed by atoms with Crippen molar-refractivity contribution in [1.82, 2.24) is 9.55 Å². The molecule has 0 fully saturated rings. The van der Waals surface area contributed by atoms with Crippen LogP contribution in [-0.2, 0) is 6.54 Å². The number of aromatic nitrogens is 2. The summed E-state index contributed by atoms with van der Waals surface area (Å²) in [6.45, 7) is 4.17. The molecule has 2 rings (SSSR count). The van der Waals surface area contributed by atoms with Crippen molar-refractivity contribution in [2.24, 2.45) is 0 Å². The van der Waals surface area contributed by atoms with Gasteiger partial charge in [0.05, 0.1) is 19.3 Å². The van der Waals surface area contributed by atoms with Crippen LogP contribution in [0.5, 0.6) is 11.6 Å². The lowest BCUT2D eigenvalue weighted by molar-refractivity contribution is 0.411. The van der Waals surface area contributed by atoms with Gasteiger partial charge in [-0.05, 0) is 23.6 Å². The first-order chi connectivity index (χ1) is 9.02. The van der Waals surface area contributed by atoms with Crippen LogP contribution < -0.4 is 10.4 Å². The molecule has 1 heterocycles. The van der Waals surface area contributed by atoms with E-state index in [0.717, 1.165) is 11.3 Å². The highest BCUT2D eigenvalue weighted by Crippen LogP contribution is 2.22. The Morgan fingerprint density at radius 1 is 1.32 bits per heavy atom. The first-order valence-corrected chi connectivity index (χ1v) is 6.17. The Kier molecular flexibility index (Phi) is 3.64. The van der Waals surface area contributed by atoms with Crippen molar-refractivity contribution in [3.05, 3.63) is 46.0 Å². The quantitative estimate of drug-likeness (QED) is 0.886. The molecule has 0 spiro atoms. The van der Waals surface area contributed by atoms with Crippen molar-refractivity contribution in [1.29, 1.82) is 0 Å². The molecular formula is C14H18N2O3. The van der Waals surface area contributed by atoms with Crippen molar-refractivity contribution in [3.8, 4) is 11.6 Å². The molecule has 0 bridgehead atoms. The first kappa shape index (κ1) is 13.3. The monoisotopic (exact) mass is 262 g/mol. The first-order valence-electron chi connectivity index (χ1n) is 6.17. The molecule has 5 nitrogen and oxygen atoms in total. The lowest BCUT2D eigenvalue weighted by Gasteiger charge is -2.06. The molecule has 2 N–H and O–H groups in total. The van der Waals surface area contributed by atoms with Gasteiger partial charge in [0.2, 0.25) is 5.88 Å². The third kappa shape index (κ3) is 2.65. The van der Waals surface area contributed by atoms with Gasteiger partial charge < -0.3 is 14.8 Å². The van der Waals surface area contributed by atoms with Crippen LogP contribution in [0.2, 0.25) is 0 Å². The van der Waals surface area contributed by atoms with Crippen LogP contribution in [-0.4, -0.2) is 21.8 Å². The Balaban J connectivity index is 2.30. The Bertz CT molecular complexity index is 609. The summed E-state index contributed by atoms with van der Waals surface area (Å²) >= 11 is 0. The number of nitrogens with zero attached hydrogens (tertiary/aromatic N) is 1. The summed E-state index contributed by atoms with van der Waals surface area (Å²) in [6, 6.07) is 7.39. The topological polar surface area (TPSA) is 67.2 Å². The molecule has 19 heavy (non-hydrogen) atoms. The highest BCUT2D eigenvalue weighted by Gasteiger charge is 2.15. The van der Waals surface area contributed by atoms with Gasteiger partial charge in [0, 0.05) is 0 Å². The van der Waals surface area contributed by atoms with Gasteiger partial charge in [-0.25, -0.2) is 4.79 Å². The number of imidazole rings is 1. The molecule has 1 aromatic carbocycles. The smallest absolute Gasteiger partial charge is 0.328 e. The van der Waals surface area contributed by atoms with Crippen LogP contribution in [0.25, 0.3) is 0 Å². The summed E-state index contributed by atoms with van der Waals surface area (Å²) in [5.41, 5.74) is 1.20. The van der Waals surface area contributed by atoms with E-state index in [1.807, 2.05) is 38.1 Å². The summed E-state index contributed by atoms with van der Waals surface area (Å²) < 4.78 is 6.41. The highest BCUT2D eigenvalue weighted by molar-refractivity contribution is 5.29. The van der Waals surface area contributed by atoms with E-state index >= 15 is 0 Å². The van der Waals surface area contributed by atoms with Gasteiger partial charge in [0.25, 0.3) is 0 Å². The standard InChI is InChI=1S/C14H18N2O3/c1-9(2)12-13(17)16(14(18)15-12)8-10-4-6-11(19-3)7-5-10/h4-7,9,17H,8H2,1-3H3,(H,15,18). The number of aromatic amines is 1. The van der Waals surface area contributed by atoms with Gasteiger partial charge >= 0.3 is 5.69 Å². The summed E-state index contributed by atoms with van der Waals surface area (Å²) in [6.07, 6.45) is 0. The Morgan fingerprint density at radius 2 is 1.95 bits per heavy atom. The summed E-state index contributed by atoms with van der Waals surface area (Å²) in [4.78, 5) is 14.5. The largest absolute Gasteiger partial charge is 0.497 e. The van der Waals surface area contributed by atoms with E-state index in [1.165, 1.54) is 4.57 Å². The van der Waals surface area contributed by atoms with Gasteiger partial charge in [0.1, 0.15) is 5.75 Å². The normalized spacial score (nSPS) is 10.9. The molecule has 0 unspecified atom stereocenters. The predicted molar refractivity (Wildman–Crippen MR) is 72.9 cm³/mol. The number of benzene rings is 1. The molecule has 2 aromatic rings. The zero-order chi connectivity index (χ0) is 14.0. The maximum atomic E-state index is 11.8. The summed E-state index contributed by atoms with van der Waals surface area (Å²) in [5, 5.41) is 10.0. The predicted octanol–water partition coefficient (Wildman–Crippen LogP) is 2.06. The molecule has 0 atom stereocenters. The Labute approximate surface area is 111 Å². The van der Waals surface area contributed by atoms with E-state index in [0.29, 0.717) is 12.2 Å². The van der Waals surface area contributed by atoms with E-state index in [2.05, 4.69) is 4.98 Å². The molecule has 0 aliphatic carbocycles. The maximum absolute atomic E-state index is 11.8. The summed E-state index contributed by atoms with van der Waals surface area (Å²) in [5.74, 6) is 0.845. The Morgan fingerprint density at radius 3 is 2.42 bits per heavy atom. The third-order valence-electron chi connectivity index (χ3n) is 3.06. The summed E-state index contributed by atoms with van der Waals surface area (Å²) in [7, 11) is 1.60. The fourth-order valence-electron chi connectivity index (χ4n) is 1.94. The number of H-pyrrole nitrogens is 1. The number of rotatable bonds is 4. The zero-order valence-electron chi connectivity index (χ0n) is 11.3. The van der Waals surface area contributed by atoms with Crippen molar-refractivity contribution in [2.75, 3.05) is 7.11 Å². The molecule has 0 amide bonds. The third-order valence-corrected chi connectivity index (χ3v) is 3.06. The molecule has 102 valence electrons. The number of methoxy groups -OCH3 is 1. The van der Waals surface area contributed by atoms with Crippen LogP contribution in [0.1, 0.15) is 31.0 Å². The van der Waals surface area contributed by atoms with Gasteiger partial charge in [0.15, 0.2) is 0 Å². The van der Waals surface area contributed by atoms with E-state index in [9.17, 15) is 9.90 Å². The minimum absolute atomic E-state index is 0.0100. The fourth-order valence-corrected chi connectivity index (χ4v) is 1.94. The second-order valence-electron chi connectivity index (χ2n) is 4.76. The molecule has 0 aliphatic heterocycles. The highest BCUT2D eigenvalue weighted by atomic mass is 16.5. The van der Waals surface area contributed by atoms with Crippen LogP contribution in [0.4, 0.5) is 0 Å². The van der Waals surface area contributed by atoms with E-state index < -0.39 is 0 Å². The minimum atomic E-state index is -0.294. The number of hydrogen-bond acceptors (Lipinski definition) is 3. The van der Waals surface area contributed by atoms with Crippen molar-refractivity contribution in [3.63, 3.8) is 0 Å². The van der Waals surface area contributed by atoms with Gasteiger partial charge in [-0.3, -0.25) is 4.57 Å². The molecule has 0 saturated carbocycles. The molecule has 0 aliphatic rings. The van der Waals surface area contributed by atoms with Crippen LogP contribution in [0.15, 0.2) is 29.1 Å². The van der Waals surface area contributed by atoms with Crippen LogP contribution in [0, 0.1) is 0 Å². The zero-order valence-corrected chi connectivity index (χ0v) is 11.3. The average molecular weight is 262 g/mol.